The van der Waals surface area contributed by atoms with E-state index in [2.05, 4.69) is 9.89 Å². The first kappa shape index (κ1) is 9.52. The van der Waals surface area contributed by atoms with E-state index in [-0.39, 0.29) is 0 Å². The number of piperidine rings is 1. The van der Waals surface area contributed by atoms with Crippen LogP contribution in [0.4, 0.5) is 0 Å². The fraction of sp³-hybridized carbons (Fsp3) is 0.889. The molecule has 0 radical (unpaired) electrons. The summed E-state index contributed by atoms with van der Waals surface area (Å²) in [5.74, 6) is 0.701. The quantitative estimate of drug-likeness (QED) is 0.502. The van der Waals surface area contributed by atoms with Crippen molar-refractivity contribution in [1.29, 1.82) is 0 Å². The molecule has 0 spiro atoms. The summed E-state index contributed by atoms with van der Waals surface area (Å²) in [6, 6.07) is 0. The van der Waals surface area contributed by atoms with E-state index < -0.39 is 0 Å². The number of hydrogen-bond acceptors (Lipinski definition) is 2. The highest BCUT2D eigenvalue weighted by Crippen LogP contribution is 2.07. The molecule has 2 N–H and O–H groups in total. The Balaban J connectivity index is 2.09. The van der Waals surface area contributed by atoms with Crippen molar-refractivity contribution in [2.75, 3.05) is 26.2 Å². The Kier molecular flexibility index (Phi) is 4.08. The lowest BCUT2D eigenvalue weighted by molar-refractivity contribution is 0.235. The van der Waals surface area contributed by atoms with Crippen molar-refractivity contribution in [2.45, 2.75) is 26.2 Å². The summed E-state index contributed by atoms with van der Waals surface area (Å²) in [5, 5.41) is 0. The van der Waals surface area contributed by atoms with Gasteiger partial charge in [-0.25, -0.2) is 0 Å². The highest BCUT2D eigenvalue weighted by atomic mass is 15.1. The standard InChI is InChI=1S/C9H19N3/c1-9(10)11-5-8-12-6-3-2-4-7-12/h2-8H2,1H3,(H2,10,11). The second-order valence-electron chi connectivity index (χ2n) is 3.43. The normalized spacial score (nSPS) is 21.2. The SMILES string of the molecule is CC(N)=NCCN1CCCCC1. The van der Waals surface area contributed by atoms with E-state index in [9.17, 15) is 0 Å². The lowest BCUT2D eigenvalue weighted by Crippen LogP contribution is -2.32. The lowest BCUT2D eigenvalue weighted by atomic mass is 10.1. The maximum absolute atomic E-state index is 5.44. The third-order valence-corrected chi connectivity index (χ3v) is 2.23. The van der Waals surface area contributed by atoms with Crippen LogP contribution in [-0.4, -0.2) is 36.9 Å². The zero-order valence-electron chi connectivity index (χ0n) is 7.92. The van der Waals surface area contributed by atoms with Gasteiger partial charge in [0.15, 0.2) is 0 Å². The molecule has 3 nitrogen and oxygen atoms in total. The molecule has 0 saturated carbocycles. The first-order valence-corrected chi connectivity index (χ1v) is 4.78. The minimum Gasteiger partial charge on any atom is -0.388 e. The van der Waals surface area contributed by atoms with E-state index in [0.717, 1.165) is 13.1 Å². The predicted octanol–water partition coefficient (Wildman–Crippen LogP) is 0.849. The van der Waals surface area contributed by atoms with Gasteiger partial charge < -0.3 is 10.6 Å². The third-order valence-electron chi connectivity index (χ3n) is 2.23. The van der Waals surface area contributed by atoms with Crippen molar-refractivity contribution in [1.82, 2.24) is 4.90 Å². The van der Waals surface area contributed by atoms with Crippen LogP contribution in [0.2, 0.25) is 0 Å². The summed E-state index contributed by atoms with van der Waals surface area (Å²) < 4.78 is 0. The molecule has 0 atom stereocenters. The number of amidine groups is 1. The molecule has 3 heteroatoms. The molecule has 0 amide bonds. The van der Waals surface area contributed by atoms with Crippen molar-refractivity contribution in [3.63, 3.8) is 0 Å². The van der Waals surface area contributed by atoms with Gasteiger partial charge in [0.05, 0.1) is 12.4 Å². The number of rotatable bonds is 3. The van der Waals surface area contributed by atoms with Crippen LogP contribution >= 0.6 is 0 Å². The van der Waals surface area contributed by atoms with Crippen LogP contribution in [-0.2, 0) is 0 Å². The van der Waals surface area contributed by atoms with E-state index in [4.69, 9.17) is 5.73 Å². The fourth-order valence-electron chi connectivity index (χ4n) is 1.55. The Morgan fingerprint density at radius 2 is 2.00 bits per heavy atom. The van der Waals surface area contributed by atoms with Gasteiger partial charge in [-0.3, -0.25) is 4.99 Å². The molecule has 0 aliphatic carbocycles. The van der Waals surface area contributed by atoms with Crippen LogP contribution in [0, 0.1) is 0 Å². The van der Waals surface area contributed by atoms with Crippen molar-refractivity contribution in [3.8, 4) is 0 Å². The average Bonchev–Trinajstić information content (AvgIpc) is 2.05. The zero-order chi connectivity index (χ0) is 8.81. The second-order valence-corrected chi connectivity index (χ2v) is 3.43. The number of hydrogen-bond donors (Lipinski definition) is 1. The summed E-state index contributed by atoms with van der Waals surface area (Å²) in [6.45, 7) is 6.28. The van der Waals surface area contributed by atoms with E-state index >= 15 is 0 Å². The van der Waals surface area contributed by atoms with Crippen LogP contribution in [0.3, 0.4) is 0 Å². The van der Waals surface area contributed by atoms with Gasteiger partial charge in [-0.1, -0.05) is 6.42 Å². The lowest BCUT2D eigenvalue weighted by Gasteiger charge is -2.25. The summed E-state index contributed by atoms with van der Waals surface area (Å²) in [4.78, 5) is 6.64. The monoisotopic (exact) mass is 169 g/mol. The van der Waals surface area contributed by atoms with Crippen molar-refractivity contribution in [3.05, 3.63) is 0 Å². The Hall–Kier alpha value is -0.570. The van der Waals surface area contributed by atoms with Crippen LogP contribution in [0.25, 0.3) is 0 Å². The largest absolute Gasteiger partial charge is 0.388 e. The number of nitrogens with two attached hydrogens (primary N) is 1. The molecule has 1 rings (SSSR count). The minimum absolute atomic E-state index is 0.701. The predicted molar refractivity (Wildman–Crippen MR) is 52.5 cm³/mol. The molecule has 1 fully saturated rings. The molecule has 70 valence electrons. The van der Waals surface area contributed by atoms with Gasteiger partial charge in [0, 0.05) is 6.54 Å². The molecule has 0 aromatic carbocycles. The van der Waals surface area contributed by atoms with Gasteiger partial charge in [-0.05, 0) is 32.9 Å². The molecule has 1 saturated heterocycles. The van der Waals surface area contributed by atoms with Crippen molar-refractivity contribution < 1.29 is 0 Å². The maximum atomic E-state index is 5.44. The van der Waals surface area contributed by atoms with Crippen LogP contribution in [0.1, 0.15) is 26.2 Å². The Bertz CT molecular complexity index is 144. The topological polar surface area (TPSA) is 41.6 Å². The van der Waals surface area contributed by atoms with Crippen LogP contribution in [0.5, 0.6) is 0 Å². The Morgan fingerprint density at radius 3 is 2.58 bits per heavy atom. The second kappa shape index (κ2) is 5.14. The first-order chi connectivity index (χ1) is 5.79. The molecule has 0 aromatic rings. The van der Waals surface area contributed by atoms with Gasteiger partial charge in [0.1, 0.15) is 0 Å². The summed E-state index contributed by atoms with van der Waals surface area (Å²) in [6.07, 6.45) is 4.10. The molecular formula is C9H19N3. The maximum Gasteiger partial charge on any atom is 0.0906 e. The van der Waals surface area contributed by atoms with Gasteiger partial charge >= 0.3 is 0 Å². The minimum atomic E-state index is 0.701. The highest BCUT2D eigenvalue weighted by molar-refractivity contribution is 5.77. The fourth-order valence-corrected chi connectivity index (χ4v) is 1.55. The number of nitrogens with zero attached hydrogens (tertiary/aromatic N) is 2. The van der Waals surface area contributed by atoms with Gasteiger partial charge in [0.25, 0.3) is 0 Å². The molecule has 1 aliphatic heterocycles. The smallest absolute Gasteiger partial charge is 0.0906 e. The average molecular weight is 169 g/mol. The van der Waals surface area contributed by atoms with Crippen LogP contribution < -0.4 is 5.73 Å². The summed E-state index contributed by atoms with van der Waals surface area (Å²) in [5.41, 5.74) is 5.44. The Morgan fingerprint density at radius 1 is 1.33 bits per heavy atom. The number of aliphatic imine (C=N–C) groups is 1. The van der Waals surface area contributed by atoms with E-state index in [1.54, 1.807) is 0 Å². The van der Waals surface area contributed by atoms with E-state index in [0.29, 0.717) is 5.84 Å². The molecule has 1 heterocycles. The third kappa shape index (κ3) is 3.72. The summed E-state index contributed by atoms with van der Waals surface area (Å²) >= 11 is 0. The van der Waals surface area contributed by atoms with Crippen molar-refractivity contribution in [2.24, 2.45) is 10.7 Å². The van der Waals surface area contributed by atoms with Gasteiger partial charge in [-0.15, -0.1) is 0 Å². The zero-order valence-corrected chi connectivity index (χ0v) is 7.92. The molecular weight excluding hydrogens is 150 g/mol. The Labute approximate surface area is 74.6 Å². The highest BCUT2D eigenvalue weighted by Gasteiger charge is 2.08. The molecule has 12 heavy (non-hydrogen) atoms. The van der Waals surface area contributed by atoms with Crippen molar-refractivity contribution >= 4 is 5.84 Å². The van der Waals surface area contributed by atoms with E-state index in [1.165, 1.54) is 32.4 Å². The van der Waals surface area contributed by atoms with Gasteiger partial charge in [0.2, 0.25) is 0 Å². The molecule has 0 bridgehead atoms. The van der Waals surface area contributed by atoms with E-state index in [1.807, 2.05) is 6.92 Å². The molecule has 1 aliphatic rings. The molecule has 0 aromatic heterocycles. The van der Waals surface area contributed by atoms with Gasteiger partial charge in [-0.2, -0.15) is 0 Å². The number of likely N-dealkylation sites (tertiary alicyclic amines) is 1. The first-order valence-electron chi connectivity index (χ1n) is 4.78. The molecule has 0 unspecified atom stereocenters. The van der Waals surface area contributed by atoms with Crippen LogP contribution in [0.15, 0.2) is 4.99 Å². The summed E-state index contributed by atoms with van der Waals surface area (Å²) in [7, 11) is 0.